The predicted molar refractivity (Wildman–Crippen MR) is 65.9 cm³/mol. The van der Waals surface area contributed by atoms with Gasteiger partial charge in [0.15, 0.2) is 0 Å². The summed E-state index contributed by atoms with van der Waals surface area (Å²) >= 11 is 5.81. The van der Waals surface area contributed by atoms with E-state index in [4.69, 9.17) is 17.3 Å². The summed E-state index contributed by atoms with van der Waals surface area (Å²) in [7, 11) is 0. The summed E-state index contributed by atoms with van der Waals surface area (Å²) in [6, 6.07) is 7.92. The second-order valence-electron chi connectivity index (χ2n) is 3.89. The van der Waals surface area contributed by atoms with Crippen LogP contribution in [0.4, 0.5) is 0 Å². The third-order valence-electron chi connectivity index (χ3n) is 2.32. The van der Waals surface area contributed by atoms with E-state index in [0.29, 0.717) is 5.02 Å². The van der Waals surface area contributed by atoms with Crippen LogP contribution in [-0.4, -0.2) is 15.6 Å². The van der Waals surface area contributed by atoms with Crippen LogP contribution in [0.3, 0.4) is 0 Å². The quantitative estimate of drug-likeness (QED) is 0.888. The summed E-state index contributed by atoms with van der Waals surface area (Å²) in [4.78, 5) is 4.28. The Morgan fingerprint density at radius 1 is 1.44 bits per heavy atom. The van der Waals surface area contributed by atoms with E-state index in [9.17, 15) is 0 Å². The average Bonchev–Trinajstić information content (AvgIpc) is 2.66. The molecule has 0 aliphatic carbocycles. The van der Waals surface area contributed by atoms with Crippen molar-refractivity contribution in [1.29, 1.82) is 0 Å². The average molecular weight is 236 g/mol. The third kappa shape index (κ3) is 2.43. The molecule has 0 saturated heterocycles. The zero-order valence-corrected chi connectivity index (χ0v) is 9.85. The molecule has 0 radical (unpaired) electrons. The lowest BCUT2D eigenvalue weighted by molar-refractivity contribution is 0.706. The number of nitrogens with zero attached hydrogens (tertiary/aromatic N) is 2. The highest BCUT2D eigenvalue weighted by atomic mass is 35.5. The Balaban J connectivity index is 2.33. The third-order valence-corrected chi connectivity index (χ3v) is 2.55. The van der Waals surface area contributed by atoms with Crippen LogP contribution in [0.2, 0.25) is 5.02 Å². The van der Waals surface area contributed by atoms with Crippen LogP contribution < -0.4 is 5.73 Å². The van der Waals surface area contributed by atoms with Crippen molar-refractivity contribution in [2.45, 2.75) is 19.4 Å². The summed E-state index contributed by atoms with van der Waals surface area (Å²) in [5.74, 6) is 0.866. The molecule has 2 rings (SSSR count). The van der Waals surface area contributed by atoms with Crippen molar-refractivity contribution >= 4 is 11.6 Å². The van der Waals surface area contributed by atoms with E-state index < -0.39 is 0 Å². The lowest BCUT2D eigenvalue weighted by Crippen LogP contribution is -2.19. The molecule has 2 aromatic heterocycles. The van der Waals surface area contributed by atoms with Crippen LogP contribution in [0.5, 0.6) is 0 Å². The van der Waals surface area contributed by atoms with Gasteiger partial charge in [-0.3, -0.25) is 0 Å². The Kier molecular flexibility index (Phi) is 3.27. The Hall–Kier alpha value is -1.32. The van der Waals surface area contributed by atoms with E-state index in [-0.39, 0.29) is 6.04 Å². The molecule has 0 aliphatic heterocycles. The number of halogens is 1. The highest BCUT2D eigenvalue weighted by Gasteiger charge is 2.06. The maximum absolute atomic E-state index is 5.81. The molecular weight excluding hydrogens is 222 g/mol. The van der Waals surface area contributed by atoms with Crippen molar-refractivity contribution in [1.82, 2.24) is 9.55 Å². The van der Waals surface area contributed by atoms with Gasteiger partial charge in [0, 0.05) is 30.6 Å². The number of pyridine rings is 1. The second-order valence-corrected chi connectivity index (χ2v) is 4.32. The Labute approximate surface area is 99.9 Å². The molecule has 2 aromatic rings. The molecule has 3 nitrogen and oxygen atoms in total. The fourth-order valence-electron chi connectivity index (χ4n) is 1.65. The second kappa shape index (κ2) is 4.68. The van der Waals surface area contributed by atoms with E-state index in [0.717, 1.165) is 17.9 Å². The molecular formula is C12H14ClN3. The minimum absolute atomic E-state index is 0.140. The van der Waals surface area contributed by atoms with Crippen molar-refractivity contribution < 1.29 is 0 Å². The van der Waals surface area contributed by atoms with Gasteiger partial charge in [-0.1, -0.05) is 11.6 Å². The Bertz CT molecular complexity index is 459. The molecule has 0 spiro atoms. The first kappa shape index (κ1) is 11.2. The topological polar surface area (TPSA) is 43.8 Å². The van der Waals surface area contributed by atoms with Gasteiger partial charge in [-0.2, -0.15) is 0 Å². The number of nitrogens with two attached hydrogens (primary N) is 1. The number of aromatic nitrogens is 2. The molecule has 0 saturated carbocycles. The van der Waals surface area contributed by atoms with Crippen molar-refractivity contribution in [2.75, 3.05) is 0 Å². The van der Waals surface area contributed by atoms with Crippen LogP contribution >= 0.6 is 11.6 Å². The first-order chi connectivity index (χ1) is 7.66. The molecule has 2 N–H and O–H groups in total. The van der Waals surface area contributed by atoms with E-state index in [1.807, 2.05) is 35.9 Å². The van der Waals surface area contributed by atoms with Gasteiger partial charge in [-0.15, -0.1) is 0 Å². The van der Waals surface area contributed by atoms with E-state index in [2.05, 4.69) is 11.1 Å². The summed E-state index contributed by atoms with van der Waals surface area (Å²) < 4.78 is 2.03. The highest BCUT2D eigenvalue weighted by molar-refractivity contribution is 6.30. The molecule has 2 heterocycles. The minimum Gasteiger partial charge on any atom is -0.328 e. The van der Waals surface area contributed by atoms with Crippen molar-refractivity contribution in [3.63, 3.8) is 0 Å². The first-order valence-electron chi connectivity index (χ1n) is 5.20. The van der Waals surface area contributed by atoms with E-state index in [1.54, 1.807) is 6.20 Å². The zero-order chi connectivity index (χ0) is 11.5. The smallest absolute Gasteiger partial charge is 0.136 e. The molecule has 0 aromatic carbocycles. The normalized spacial score (nSPS) is 12.7. The van der Waals surface area contributed by atoms with E-state index >= 15 is 0 Å². The van der Waals surface area contributed by atoms with Gasteiger partial charge in [0.1, 0.15) is 5.82 Å². The summed E-state index contributed by atoms with van der Waals surface area (Å²) in [6.45, 7) is 1.99. The van der Waals surface area contributed by atoms with Gasteiger partial charge in [0.2, 0.25) is 0 Å². The lowest BCUT2D eigenvalue weighted by Gasteiger charge is -2.10. The van der Waals surface area contributed by atoms with Gasteiger partial charge in [0.05, 0.1) is 5.02 Å². The van der Waals surface area contributed by atoms with Crippen LogP contribution in [-0.2, 0) is 6.42 Å². The van der Waals surface area contributed by atoms with Crippen molar-refractivity contribution in [3.05, 3.63) is 47.4 Å². The predicted octanol–water partition coefficient (Wildman–Crippen LogP) is 2.42. The number of hydrogen-bond donors (Lipinski definition) is 1. The van der Waals surface area contributed by atoms with Gasteiger partial charge < -0.3 is 10.3 Å². The fourth-order valence-corrected chi connectivity index (χ4v) is 1.76. The maximum atomic E-state index is 5.81. The Morgan fingerprint density at radius 2 is 2.25 bits per heavy atom. The molecule has 84 valence electrons. The van der Waals surface area contributed by atoms with E-state index in [1.165, 1.54) is 0 Å². The molecule has 0 bridgehead atoms. The number of hydrogen-bond acceptors (Lipinski definition) is 2. The van der Waals surface area contributed by atoms with Crippen LogP contribution in [0.25, 0.3) is 5.82 Å². The largest absolute Gasteiger partial charge is 0.328 e. The summed E-state index contributed by atoms with van der Waals surface area (Å²) in [6.07, 6.45) is 4.46. The highest BCUT2D eigenvalue weighted by Crippen LogP contribution is 2.14. The molecule has 0 aliphatic rings. The maximum Gasteiger partial charge on any atom is 0.136 e. The van der Waals surface area contributed by atoms with Crippen molar-refractivity contribution in [2.24, 2.45) is 5.73 Å². The summed E-state index contributed by atoms with van der Waals surface area (Å²) in [5, 5.41) is 0.643. The van der Waals surface area contributed by atoms with Crippen LogP contribution in [0.15, 0.2) is 36.7 Å². The monoisotopic (exact) mass is 235 g/mol. The van der Waals surface area contributed by atoms with Gasteiger partial charge >= 0.3 is 0 Å². The molecule has 1 atom stereocenters. The fraction of sp³-hybridized carbons (Fsp3) is 0.250. The first-order valence-corrected chi connectivity index (χ1v) is 5.58. The zero-order valence-electron chi connectivity index (χ0n) is 9.10. The summed E-state index contributed by atoms with van der Waals surface area (Å²) in [5.41, 5.74) is 6.96. The number of rotatable bonds is 3. The minimum atomic E-state index is 0.140. The van der Waals surface area contributed by atoms with Crippen molar-refractivity contribution in [3.8, 4) is 5.82 Å². The standard InChI is InChI=1S/C12H14ClN3/c1-9(14)7-11-3-2-6-16(11)12-5-4-10(13)8-15-12/h2-6,8-9H,7,14H2,1H3. The molecule has 4 heteroatoms. The molecule has 1 unspecified atom stereocenters. The van der Waals surface area contributed by atoms with Gasteiger partial charge in [0.25, 0.3) is 0 Å². The van der Waals surface area contributed by atoms with Gasteiger partial charge in [-0.05, 0) is 31.2 Å². The molecule has 16 heavy (non-hydrogen) atoms. The lowest BCUT2D eigenvalue weighted by atomic mass is 10.2. The van der Waals surface area contributed by atoms with Crippen LogP contribution in [0, 0.1) is 0 Å². The molecule has 0 amide bonds. The van der Waals surface area contributed by atoms with Gasteiger partial charge in [-0.25, -0.2) is 4.98 Å². The Morgan fingerprint density at radius 3 is 2.88 bits per heavy atom. The SMILES string of the molecule is CC(N)Cc1cccn1-c1ccc(Cl)cn1. The van der Waals surface area contributed by atoms with Crippen LogP contribution in [0.1, 0.15) is 12.6 Å². The molecule has 0 fully saturated rings.